The lowest BCUT2D eigenvalue weighted by Gasteiger charge is -1.97. The predicted octanol–water partition coefficient (Wildman–Crippen LogP) is 3.79. The summed E-state index contributed by atoms with van der Waals surface area (Å²) in [5.41, 5.74) is 2.47. The molecule has 0 atom stereocenters. The number of nitrogens with one attached hydrogen (secondary N) is 1. The minimum atomic E-state index is -0.464. The van der Waals surface area contributed by atoms with Crippen molar-refractivity contribution in [3.8, 4) is 0 Å². The van der Waals surface area contributed by atoms with Crippen LogP contribution in [0, 0.1) is 17.0 Å². The van der Waals surface area contributed by atoms with E-state index < -0.39 is 4.92 Å². The van der Waals surface area contributed by atoms with Crippen LogP contribution in [0.1, 0.15) is 11.1 Å². The molecule has 0 unspecified atom stereocenters. The third-order valence-corrected chi connectivity index (χ3v) is 4.20. The number of nitro benzene ring substituents is 1. The number of nitro groups is 1. The van der Waals surface area contributed by atoms with Crippen LogP contribution in [0.2, 0.25) is 0 Å². The van der Waals surface area contributed by atoms with Crippen molar-refractivity contribution >= 4 is 40.3 Å². The van der Waals surface area contributed by atoms with Gasteiger partial charge in [0, 0.05) is 12.1 Å². The van der Waals surface area contributed by atoms with Crippen molar-refractivity contribution in [3.63, 3.8) is 0 Å². The van der Waals surface area contributed by atoms with E-state index in [1.54, 1.807) is 18.2 Å². The Balaban J connectivity index is 1.83. The minimum Gasteiger partial charge on any atom is -0.300 e. The minimum absolute atomic E-state index is 0.0127. The number of aliphatic imine (C=N–C) groups is 1. The van der Waals surface area contributed by atoms with Gasteiger partial charge in [-0.25, -0.2) is 4.99 Å². The number of carbonyl (C=O) groups excluding carboxylic acids is 1. The number of amidine groups is 1. The summed E-state index contributed by atoms with van der Waals surface area (Å²) >= 11 is 1.21. The Hall–Kier alpha value is -2.93. The Bertz CT molecular complexity index is 873. The number of hydrogen-bond acceptors (Lipinski definition) is 5. The van der Waals surface area contributed by atoms with E-state index >= 15 is 0 Å². The number of carbonyl (C=O) groups is 1. The lowest BCUT2D eigenvalue weighted by molar-refractivity contribution is -0.384. The van der Waals surface area contributed by atoms with Crippen LogP contribution in [-0.4, -0.2) is 16.0 Å². The monoisotopic (exact) mass is 339 g/mol. The molecular formula is C17H13N3O3S. The molecule has 2 aromatic carbocycles. The van der Waals surface area contributed by atoms with Gasteiger partial charge in [-0.1, -0.05) is 29.8 Å². The smallest absolute Gasteiger partial charge is 0.270 e. The highest BCUT2D eigenvalue weighted by atomic mass is 32.2. The number of nitrogens with zero attached hydrogens (tertiary/aromatic N) is 2. The van der Waals surface area contributed by atoms with Gasteiger partial charge in [0.05, 0.1) is 15.5 Å². The molecule has 1 aliphatic rings. The second kappa shape index (κ2) is 6.67. The largest absolute Gasteiger partial charge is 0.300 e. The molecule has 0 aliphatic carbocycles. The van der Waals surface area contributed by atoms with E-state index in [9.17, 15) is 14.9 Å². The molecule has 1 saturated heterocycles. The molecular weight excluding hydrogens is 326 g/mol. The average molecular weight is 339 g/mol. The molecule has 7 heteroatoms. The van der Waals surface area contributed by atoms with Gasteiger partial charge in [0.1, 0.15) is 0 Å². The second-order valence-electron chi connectivity index (χ2n) is 5.17. The maximum absolute atomic E-state index is 12.0. The topological polar surface area (TPSA) is 84.6 Å². The van der Waals surface area contributed by atoms with E-state index in [1.165, 1.54) is 23.9 Å². The zero-order chi connectivity index (χ0) is 17.1. The van der Waals surface area contributed by atoms with Crippen LogP contribution in [0.25, 0.3) is 6.08 Å². The number of hydrogen-bond donors (Lipinski definition) is 1. The summed E-state index contributed by atoms with van der Waals surface area (Å²) in [7, 11) is 0. The van der Waals surface area contributed by atoms with Crippen molar-refractivity contribution in [1.82, 2.24) is 5.32 Å². The summed E-state index contributed by atoms with van der Waals surface area (Å²) in [5, 5.41) is 14.0. The molecule has 0 radical (unpaired) electrons. The molecule has 0 aromatic heterocycles. The summed E-state index contributed by atoms with van der Waals surface area (Å²) in [6, 6.07) is 13.8. The van der Waals surface area contributed by atoms with Crippen LogP contribution >= 0.6 is 11.8 Å². The summed E-state index contributed by atoms with van der Waals surface area (Å²) in [6.07, 6.45) is 1.62. The maximum atomic E-state index is 12.0. The van der Waals surface area contributed by atoms with Crippen LogP contribution < -0.4 is 5.32 Å². The summed E-state index contributed by atoms with van der Waals surface area (Å²) < 4.78 is 0. The molecule has 0 bridgehead atoms. The second-order valence-corrected chi connectivity index (χ2v) is 6.20. The Morgan fingerprint density at radius 3 is 2.67 bits per heavy atom. The highest BCUT2D eigenvalue weighted by Crippen LogP contribution is 2.28. The van der Waals surface area contributed by atoms with E-state index in [0.717, 1.165) is 11.3 Å². The van der Waals surface area contributed by atoms with Crippen molar-refractivity contribution < 1.29 is 9.72 Å². The zero-order valence-corrected chi connectivity index (χ0v) is 13.5. The van der Waals surface area contributed by atoms with Crippen molar-refractivity contribution in [2.45, 2.75) is 6.92 Å². The van der Waals surface area contributed by atoms with Crippen LogP contribution in [0.5, 0.6) is 0 Å². The fraction of sp³-hybridized carbons (Fsp3) is 0.0588. The third kappa shape index (κ3) is 3.69. The molecule has 3 rings (SSSR count). The molecule has 24 heavy (non-hydrogen) atoms. The van der Waals surface area contributed by atoms with Crippen LogP contribution in [0.4, 0.5) is 11.4 Å². The SMILES string of the molecule is Cc1ccc(N=C2NC(=O)C(=Cc3cccc([N+](=O)[O-])c3)S2)cc1. The number of aryl methyl sites for hydroxylation is 1. The molecule has 1 aliphatic heterocycles. The van der Waals surface area contributed by atoms with Gasteiger partial charge in [-0.2, -0.15) is 0 Å². The van der Waals surface area contributed by atoms with Gasteiger partial charge in [-0.3, -0.25) is 14.9 Å². The first-order valence-corrected chi connectivity index (χ1v) is 7.93. The molecule has 1 amide bonds. The summed E-state index contributed by atoms with van der Waals surface area (Å²) in [5.74, 6) is -0.266. The molecule has 1 fully saturated rings. The van der Waals surface area contributed by atoms with Crippen molar-refractivity contribution in [1.29, 1.82) is 0 Å². The van der Waals surface area contributed by atoms with Crippen LogP contribution in [-0.2, 0) is 4.79 Å². The first-order valence-electron chi connectivity index (χ1n) is 7.12. The lowest BCUT2D eigenvalue weighted by Crippen LogP contribution is -2.19. The van der Waals surface area contributed by atoms with Gasteiger partial charge in [-0.05, 0) is 42.5 Å². The number of rotatable bonds is 3. The van der Waals surface area contributed by atoms with E-state index in [2.05, 4.69) is 10.3 Å². The lowest BCUT2D eigenvalue weighted by atomic mass is 10.2. The van der Waals surface area contributed by atoms with Gasteiger partial charge >= 0.3 is 0 Å². The first kappa shape index (κ1) is 15.9. The molecule has 6 nitrogen and oxygen atoms in total. The highest BCUT2D eigenvalue weighted by molar-refractivity contribution is 8.18. The van der Waals surface area contributed by atoms with Gasteiger partial charge in [0.25, 0.3) is 11.6 Å². The van der Waals surface area contributed by atoms with E-state index in [1.807, 2.05) is 31.2 Å². The standard InChI is InChI=1S/C17H13N3O3S/c1-11-5-7-13(8-6-11)18-17-19-16(21)15(24-17)10-12-3-2-4-14(9-12)20(22)23/h2-10H,1H3,(H,18,19,21). The van der Waals surface area contributed by atoms with E-state index in [0.29, 0.717) is 15.6 Å². The van der Waals surface area contributed by atoms with E-state index in [-0.39, 0.29) is 11.6 Å². The number of non-ortho nitro benzene ring substituents is 1. The quantitative estimate of drug-likeness (QED) is 0.524. The molecule has 1 N–H and O–H groups in total. The Labute approximate surface area is 142 Å². The van der Waals surface area contributed by atoms with Gasteiger partial charge in [-0.15, -0.1) is 0 Å². The fourth-order valence-electron chi connectivity index (χ4n) is 2.10. The number of amides is 1. The van der Waals surface area contributed by atoms with Crippen LogP contribution in [0.3, 0.4) is 0 Å². The maximum Gasteiger partial charge on any atom is 0.270 e. The molecule has 2 aromatic rings. The highest BCUT2D eigenvalue weighted by Gasteiger charge is 2.24. The van der Waals surface area contributed by atoms with Crippen LogP contribution in [0.15, 0.2) is 58.4 Å². The molecule has 1 heterocycles. The normalized spacial score (nSPS) is 17.3. The van der Waals surface area contributed by atoms with Crippen molar-refractivity contribution in [2.75, 3.05) is 0 Å². The summed E-state index contributed by atoms with van der Waals surface area (Å²) in [6.45, 7) is 1.99. The molecule has 0 saturated carbocycles. The third-order valence-electron chi connectivity index (χ3n) is 3.29. The Kier molecular flexibility index (Phi) is 4.43. The average Bonchev–Trinajstić information content (AvgIpc) is 2.89. The van der Waals surface area contributed by atoms with Gasteiger partial charge in [0.2, 0.25) is 0 Å². The Morgan fingerprint density at radius 2 is 1.96 bits per heavy atom. The number of benzene rings is 2. The number of thioether (sulfide) groups is 1. The van der Waals surface area contributed by atoms with E-state index in [4.69, 9.17) is 0 Å². The fourth-order valence-corrected chi connectivity index (χ4v) is 2.94. The molecule has 120 valence electrons. The zero-order valence-electron chi connectivity index (χ0n) is 12.7. The molecule has 0 spiro atoms. The Morgan fingerprint density at radius 1 is 1.21 bits per heavy atom. The van der Waals surface area contributed by atoms with Gasteiger partial charge < -0.3 is 5.32 Å². The first-order chi connectivity index (χ1) is 11.5. The summed E-state index contributed by atoms with van der Waals surface area (Å²) in [4.78, 5) is 27.2. The van der Waals surface area contributed by atoms with Gasteiger partial charge in [0.15, 0.2) is 5.17 Å². The van der Waals surface area contributed by atoms with Crippen molar-refractivity contribution in [3.05, 3.63) is 74.7 Å². The van der Waals surface area contributed by atoms with Crippen molar-refractivity contribution in [2.24, 2.45) is 4.99 Å². The predicted molar refractivity (Wildman–Crippen MR) is 95.1 cm³/mol.